The van der Waals surface area contributed by atoms with Gasteiger partial charge in [0.15, 0.2) is 5.78 Å². The molecule has 0 bridgehead atoms. The van der Waals surface area contributed by atoms with Crippen LogP contribution in [0, 0.1) is 18.8 Å². The number of fused-ring (bicyclic) bond motifs is 1. The summed E-state index contributed by atoms with van der Waals surface area (Å²) in [5.74, 6) is 1.15. The van der Waals surface area contributed by atoms with Gasteiger partial charge in [-0.25, -0.2) is 0 Å². The largest absolute Gasteiger partial charge is 0.295 e. The Morgan fingerprint density at radius 1 is 1.26 bits per heavy atom. The summed E-state index contributed by atoms with van der Waals surface area (Å²) in [7, 11) is 0. The molecule has 0 amide bonds. The minimum atomic E-state index is 0.112. The van der Waals surface area contributed by atoms with Gasteiger partial charge in [0.2, 0.25) is 0 Å². The molecule has 0 saturated heterocycles. The molecule has 2 aliphatic rings. The van der Waals surface area contributed by atoms with Crippen LogP contribution in [0.1, 0.15) is 54.5 Å². The van der Waals surface area contributed by atoms with Crippen molar-refractivity contribution >= 4 is 17.9 Å². The average molecular weight is 306 g/mol. The van der Waals surface area contributed by atoms with E-state index in [9.17, 15) is 4.79 Å². The summed E-state index contributed by atoms with van der Waals surface area (Å²) >= 11 is 0. The maximum atomic E-state index is 12.2. The highest BCUT2D eigenvalue weighted by Crippen LogP contribution is 2.39. The number of hydrogen-bond acceptors (Lipinski definition) is 1. The Kier molecular flexibility index (Phi) is 4.39. The molecule has 3 rings (SSSR count). The quantitative estimate of drug-likeness (QED) is 0.674. The fourth-order valence-corrected chi connectivity index (χ4v) is 3.77. The van der Waals surface area contributed by atoms with E-state index in [1.807, 2.05) is 19.1 Å². The number of hydrogen-bond donors (Lipinski definition) is 0. The molecule has 1 nitrogen and oxygen atoms in total. The third-order valence-electron chi connectivity index (χ3n) is 5.35. The van der Waals surface area contributed by atoms with Gasteiger partial charge in [0.1, 0.15) is 0 Å². The molecule has 1 unspecified atom stereocenters. The normalized spacial score (nSPS) is 20.8. The fourth-order valence-electron chi connectivity index (χ4n) is 3.77. The van der Waals surface area contributed by atoms with Gasteiger partial charge < -0.3 is 0 Å². The van der Waals surface area contributed by atoms with E-state index in [1.54, 1.807) is 6.08 Å². The van der Waals surface area contributed by atoms with Crippen LogP contribution in [0.3, 0.4) is 0 Å². The lowest BCUT2D eigenvalue weighted by Gasteiger charge is -2.13. The third kappa shape index (κ3) is 3.10. The number of carbonyl (C=O) groups excluding carboxylic acids is 1. The van der Waals surface area contributed by atoms with Gasteiger partial charge in [-0.2, -0.15) is 0 Å². The van der Waals surface area contributed by atoms with Crippen molar-refractivity contribution in [3.05, 3.63) is 58.2 Å². The van der Waals surface area contributed by atoms with E-state index in [1.165, 1.54) is 46.2 Å². The first-order valence-electron chi connectivity index (χ1n) is 8.67. The first-order chi connectivity index (χ1) is 11.0. The van der Waals surface area contributed by atoms with Crippen molar-refractivity contribution in [2.24, 2.45) is 11.8 Å². The van der Waals surface area contributed by atoms with Gasteiger partial charge in [-0.3, -0.25) is 4.79 Å². The summed E-state index contributed by atoms with van der Waals surface area (Å²) in [5, 5.41) is 0. The molecule has 0 aromatic heterocycles. The molecule has 2 aliphatic carbocycles. The van der Waals surface area contributed by atoms with Crippen LogP contribution in [0.4, 0.5) is 0 Å². The third-order valence-corrected chi connectivity index (χ3v) is 5.35. The number of allylic oxidation sites excluding steroid dienone is 3. The van der Waals surface area contributed by atoms with Crippen molar-refractivity contribution in [1.29, 1.82) is 0 Å². The van der Waals surface area contributed by atoms with Gasteiger partial charge in [-0.15, -0.1) is 0 Å². The van der Waals surface area contributed by atoms with Crippen molar-refractivity contribution in [3.8, 4) is 0 Å². The molecule has 23 heavy (non-hydrogen) atoms. The van der Waals surface area contributed by atoms with Gasteiger partial charge >= 0.3 is 0 Å². The van der Waals surface area contributed by atoms with Crippen molar-refractivity contribution in [2.75, 3.05) is 0 Å². The predicted molar refractivity (Wildman–Crippen MR) is 98.4 cm³/mol. The molecular formula is C22H26O. The van der Waals surface area contributed by atoms with E-state index < -0.39 is 0 Å². The van der Waals surface area contributed by atoms with Gasteiger partial charge in [0.25, 0.3) is 0 Å². The summed E-state index contributed by atoms with van der Waals surface area (Å²) in [6, 6.07) is 2.25. The van der Waals surface area contributed by atoms with Crippen LogP contribution in [0.5, 0.6) is 0 Å². The molecule has 1 aromatic carbocycles. The maximum Gasteiger partial charge on any atom is 0.159 e. The second-order valence-corrected chi connectivity index (χ2v) is 7.02. The van der Waals surface area contributed by atoms with Crippen LogP contribution in [-0.2, 0) is 17.6 Å². The summed E-state index contributed by atoms with van der Waals surface area (Å²) < 4.78 is 0. The summed E-state index contributed by atoms with van der Waals surface area (Å²) in [4.78, 5) is 12.2. The molecule has 0 heterocycles. The van der Waals surface area contributed by atoms with Crippen molar-refractivity contribution in [2.45, 2.75) is 46.5 Å². The maximum absolute atomic E-state index is 12.2. The molecule has 1 saturated carbocycles. The molecule has 0 N–H and O–H groups in total. The zero-order valence-corrected chi connectivity index (χ0v) is 14.5. The van der Waals surface area contributed by atoms with Crippen LogP contribution >= 0.6 is 0 Å². The highest BCUT2D eigenvalue weighted by molar-refractivity contribution is 5.92. The highest BCUT2D eigenvalue weighted by atomic mass is 16.1. The SMILES string of the molecule is C=Cc1cc2c(c(C)c1/C=C(\C)C1CC1)CC(C(=O)/C=C/C)C2. The number of carbonyl (C=O) groups is 1. The summed E-state index contributed by atoms with van der Waals surface area (Å²) in [5.41, 5.74) is 8.06. The molecule has 0 radical (unpaired) electrons. The van der Waals surface area contributed by atoms with Crippen LogP contribution in [-0.4, -0.2) is 5.78 Å². The van der Waals surface area contributed by atoms with Crippen LogP contribution in [0.25, 0.3) is 12.2 Å². The van der Waals surface area contributed by atoms with Crippen molar-refractivity contribution in [3.63, 3.8) is 0 Å². The zero-order chi connectivity index (χ0) is 16.6. The molecular weight excluding hydrogens is 280 g/mol. The minimum absolute atomic E-state index is 0.112. The molecule has 1 heteroatoms. The van der Waals surface area contributed by atoms with Crippen molar-refractivity contribution in [1.82, 2.24) is 0 Å². The second-order valence-electron chi connectivity index (χ2n) is 7.02. The lowest BCUT2D eigenvalue weighted by atomic mass is 9.92. The average Bonchev–Trinajstić information content (AvgIpc) is 3.29. The van der Waals surface area contributed by atoms with E-state index in [2.05, 4.69) is 32.6 Å². The fraction of sp³-hybridized carbons (Fsp3) is 0.409. The molecule has 0 aliphatic heterocycles. The molecule has 1 fully saturated rings. The predicted octanol–water partition coefficient (Wildman–Crippen LogP) is 5.31. The molecule has 1 atom stereocenters. The van der Waals surface area contributed by atoms with E-state index in [-0.39, 0.29) is 11.7 Å². The lowest BCUT2D eigenvalue weighted by molar-refractivity contribution is -0.117. The minimum Gasteiger partial charge on any atom is -0.295 e. The Morgan fingerprint density at radius 3 is 2.61 bits per heavy atom. The molecule has 0 spiro atoms. The van der Waals surface area contributed by atoms with Crippen molar-refractivity contribution < 1.29 is 4.79 Å². The highest BCUT2D eigenvalue weighted by Gasteiger charge is 2.29. The van der Waals surface area contributed by atoms with Gasteiger partial charge in [0, 0.05) is 5.92 Å². The van der Waals surface area contributed by atoms with Gasteiger partial charge in [-0.05, 0) is 86.3 Å². The molecule has 120 valence electrons. The summed E-state index contributed by atoms with van der Waals surface area (Å²) in [6.07, 6.45) is 12.3. The van der Waals surface area contributed by atoms with Crippen LogP contribution in [0.2, 0.25) is 0 Å². The van der Waals surface area contributed by atoms with Gasteiger partial charge in [0.05, 0.1) is 0 Å². The Bertz CT molecular complexity index is 714. The first-order valence-corrected chi connectivity index (χ1v) is 8.67. The Hall–Kier alpha value is -1.89. The Balaban J connectivity index is 1.99. The Labute approximate surface area is 139 Å². The zero-order valence-electron chi connectivity index (χ0n) is 14.5. The first kappa shape index (κ1) is 16.0. The van der Waals surface area contributed by atoms with E-state index in [0.717, 1.165) is 18.8 Å². The summed E-state index contributed by atoms with van der Waals surface area (Å²) in [6.45, 7) is 10.4. The topological polar surface area (TPSA) is 17.1 Å². The Morgan fingerprint density at radius 2 is 2.00 bits per heavy atom. The number of ketones is 1. The van der Waals surface area contributed by atoms with Crippen LogP contribution < -0.4 is 0 Å². The van der Waals surface area contributed by atoms with Crippen LogP contribution in [0.15, 0.2) is 30.4 Å². The monoisotopic (exact) mass is 306 g/mol. The van der Waals surface area contributed by atoms with E-state index >= 15 is 0 Å². The number of rotatable bonds is 5. The smallest absolute Gasteiger partial charge is 0.159 e. The number of benzene rings is 1. The standard InChI is InChI=1S/C22H26O/c1-5-7-22(23)19-12-18-11-16(6-2)20(15(4)21(18)13-19)10-14(3)17-8-9-17/h5-7,10-11,17,19H,2,8-9,12-13H2,1,3-4H3/b7-5+,14-10+. The van der Waals surface area contributed by atoms with E-state index in [0.29, 0.717) is 0 Å². The van der Waals surface area contributed by atoms with E-state index in [4.69, 9.17) is 0 Å². The van der Waals surface area contributed by atoms with Gasteiger partial charge in [-0.1, -0.05) is 36.4 Å². The second kappa shape index (κ2) is 6.31. The lowest BCUT2D eigenvalue weighted by Crippen LogP contribution is -2.11. The molecule has 1 aromatic rings.